The van der Waals surface area contributed by atoms with Gasteiger partial charge in [0.05, 0.1) is 23.0 Å². The number of non-ortho nitro benzene ring substituents is 1. The number of anilines is 1. The van der Waals surface area contributed by atoms with Crippen LogP contribution in [0, 0.1) is 34.3 Å². The second-order valence-corrected chi connectivity index (χ2v) is 14.1. The molecule has 0 bridgehead atoms. The van der Waals surface area contributed by atoms with Crippen molar-refractivity contribution in [3.05, 3.63) is 93.5 Å². The summed E-state index contributed by atoms with van der Waals surface area (Å²) in [7, 11) is -2.25. The lowest BCUT2D eigenvalue weighted by atomic mass is 9.49. The molecule has 8 nitrogen and oxygen atoms in total. The zero-order valence-electron chi connectivity index (χ0n) is 24.3. The number of hydrogen-bond donors (Lipinski definition) is 1. The van der Waals surface area contributed by atoms with E-state index in [4.69, 9.17) is 8.92 Å². The molecule has 0 aromatic heterocycles. The fourth-order valence-corrected chi connectivity index (χ4v) is 9.04. The zero-order valence-corrected chi connectivity index (χ0v) is 25.1. The highest BCUT2D eigenvalue weighted by atomic mass is 32.2. The number of fused-ring (bicyclic) bond motifs is 5. The number of nitrogens with one attached hydrogen (secondary N) is 1. The van der Waals surface area contributed by atoms with Gasteiger partial charge in [0, 0.05) is 23.9 Å². The van der Waals surface area contributed by atoms with Crippen LogP contribution in [0.1, 0.15) is 61.6 Å². The molecule has 0 aliphatic heterocycles. The third-order valence-electron chi connectivity index (χ3n) is 10.2. The Morgan fingerprint density at radius 1 is 1.00 bits per heavy atom. The van der Waals surface area contributed by atoms with Crippen LogP contribution in [0.5, 0.6) is 5.75 Å². The van der Waals surface area contributed by atoms with Gasteiger partial charge in [0.15, 0.2) is 0 Å². The molecule has 1 N–H and O–H groups in total. The van der Waals surface area contributed by atoms with Gasteiger partial charge in [0.1, 0.15) is 5.75 Å². The van der Waals surface area contributed by atoms with Crippen molar-refractivity contribution in [1.29, 1.82) is 0 Å². The van der Waals surface area contributed by atoms with Gasteiger partial charge in [-0.3, -0.25) is 14.3 Å². The van der Waals surface area contributed by atoms with E-state index in [9.17, 15) is 18.5 Å². The average molecular weight is 591 g/mol. The highest BCUT2D eigenvalue weighted by Gasteiger charge is 2.55. The van der Waals surface area contributed by atoms with Crippen molar-refractivity contribution >= 4 is 21.5 Å². The number of aryl methyl sites for hydroxylation is 2. The van der Waals surface area contributed by atoms with Crippen LogP contribution < -0.4 is 10.1 Å². The Kier molecular flexibility index (Phi) is 7.51. The summed E-state index contributed by atoms with van der Waals surface area (Å²) in [5.74, 6) is 1.94. The van der Waals surface area contributed by atoms with Gasteiger partial charge in [0.2, 0.25) is 0 Å². The summed E-state index contributed by atoms with van der Waals surface area (Å²) in [4.78, 5) is 11.0. The summed E-state index contributed by atoms with van der Waals surface area (Å²) < 4.78 is 38.3. The van der Waals surface area contributed by atoms with Crippen LogP contribution in [-0.4, -0.2) is 32.6 Å². The number of nitrogens with zero attached hydrogens (tertiary/aromatic N) is 1. The maximum Gasteiger partial charge on any atom is 0.297 e. The van der Waals surface area contributed by atoms with Gasteiger partial charge in [-0.15, -0.1) is 0 Å². The molecule has 6 atom stereocenters. The number of nitro groups is 1. The van der Waals surface area contributed by atoms with Crippen LogP contribution in [0.15, 0.2) is 71.6 Å². The van der Waals surface area contributed by atoms with Crippen molar-refractivity contribution in [2.75, 3.05) is 12.4 Å². The summed E-state index contributed by atoms with van der Waals surface area (Å²) in [5.41, 5.74) is 4.46. The molecule has 6 rings (SSSR count). The highest BCUT2D eigenvalue weighted by molar-refractivity contribution is 7.86. The molecule has 3 aliphatic rings. The molecule has 9 heteroatoms. The SMILES string of the molecule is COc1ccc2c(c1)CC[C@@H]1[C@@H]2CC[C@]2(C)[C@@H](Nc3ccc([N+](=O)[O-])cc3)C[C@@H](OS(=O)(=O)c3ccc(C)cc3)C[C@@H]12. The van der Waals surface area contributed by atoms with Gasteiger partial charge in [0.25, 0.3) is 15.8 Å². The van der Waals surface area contributed by atoms with Crippen LogP contribution in [0.25, 0.3) is 0 Å². The third kappa shape index (κ3) is 5.28. The Hall–Kier alpha value is -3.43. The van der Waals surface area contributed by atoms with Gasteiger partial charge in [-0.1, -0.05) is 30.7 Å². The second-order valence-electron chi connectivity index (χ2n) is 12.5. The molecule has 3 aromatic carbocycles. The topological polar surface area (TPSA) is 108 Å². The highest BCUT2D eigenvalue weighted by Crippen LogP contribution is 2.60. The molecule has 2 saturated carbocycles. The number of hydrogen-bond acceptors (Lipinski definition) is 7. The van der Waals surface area contributed by atoms with E-state index in [2.05, 4.69) is 30.4 Å². The summed E-state index contributed by atoms with van der Waals surface area (Å²) in [6.45, 7) is 4.26. The quantitative estimate of drug-likeness (QED) is 0.179. The molecule has 0 radical (unpaired) electrons. The molecular weight excluding hydrogens is 552 g/mol. The Balaban J connectivity index is 1.32. The lowest BCUT2D eigenvalue weighted by Crippen LogP contribution is -2.57. The fourth-order valence-electron chi connectivity index (χ4n) is 7.94. The van der Waals surface area contributed by atoms with E-state index in [1.807, 2.05) is 6.92 Å². The van der Waals surface area contributed by atoms with E-state index in [1.54, 1.807) is 43.5 Å². The first kappa shape index (κ1) is 28.7. The maximum atomic E-state index is 13.4. The van der Waals surface area contributed by atoms with Crippen molar-refractivity contribution in [1.82, 2.24) is 0 Å². The van der Waals surface area contributed by atoms with Gasteiger partial charge in [-0.2, -0.15) is 8.42 Å². The van der Waals surface area contributed by atoms with Gasteiger partial charge in [-0.25, -0.2) is 0 Å². The van der Waals surface area contributed by atoms with Crippen molar-refractivity contribution in [2.24, 2.45) is 17.3 Å². The van der Waals surface area contributed by atoms with Crippen molar-refractivity contribution in [3.8, 4) is 5.75 Å². The lowest BCUT2D eigenvalue weighted by molar-refractivity contribution is -0.384. The predicted molar refractivity (Wildman–Crippen MR) is 161 cm³/mol. The first-order valence-electron chi connectivity index (χ1n) is 14.7. The monoisotopic (exact) mass is 590 g/mol. The molecule has 0 unspecified atom stereocenters. The van der Waals surface area contributed by atoms with Crippen LogP contribution in [0.4, 0.5) is 11.4 Å². The van der Waals surface area contributed by atoms with Crippen LogP contribution >= 0.6 is 0 Å². The Morgan fingerprint density at radius 2 is 1.74 bits per heavy atom. The van der Waals surface area contributed by atoms with E-state index in [0.29, 0.717) is 24.7 Å². The summed E-state index contributed by atoms with van der Waals surface area (Å²) in [6, 6.07) is 19.6. The number of benzene rings is 3. The Morgan fingerprint density at radius 3 is 2.43 bits per heavy atom. The lowest BCUT2D eigenvalue weighted by Gasteiger charge is -2.58. The molecule has 2 fully saturated rings. The van der Waals surface area contributed by atoms with E-state index in [1.165, 1.54) is 23.3 Å². The smallest absolute Gasteiger partial charge is 0.297 e. The van der Waals surface area contributed by atoms with Crippen LogP contribution in [0.2, 0.25) is 0 Å². The van der Waals surface area contributed by atoms with E-state index in [0.717, 1.165) is 42.7 Å². The molecule has 3 aliphatic carbocycles. The molecule has 222 valence electrons. The molecule has 42 heavy (non-hydrogen) atoms. The van der Waals surface area contributed by atoms with E-state index in [-0.39, 0.29) is 28.0 Å². The average Bonchev–Trinajstić information content (AvgIpc) is 2.97. The van der Waals surface area contributed by atoms with Crippen LogP contribution in [-0.2, 0) is 20.7 Å². The minimum absolute atomic E-state index is 0.0386. The molecule has 0 heterocycles. The predicted octanol–water partition coefficient (Wildman–Crippen LogP) is 7.02. The first-order chi connectivity index (χ1) is 20.1. The number of rotatable bonds is 7. The zero-order chi connectivity index (χ0) is 29.6. The Bertz CT molecular complexity index is 1570. The first-order valence-corrected chi connectivity index (χ1v) is 16.2. The minimum atomic E-state index is -3.95. The number of ether oxygens (including phenoxy) is 1. The molecule has 0 amide bonds. The number of nitro benzene ring substituents is 1. The van der Waals surface area contributed by atoms with Gasteiger partial charge >= 0.3 is 0 Å². The van der Waals surface area contributed by atoms with E-state index >= 15 is 0 Å². The van der Waals surface area contributed by atoms with Crippen molar-refractivity contribution in [2.45, 2.75) is 75.3 Å². The minimum Gasteiger partial charge on any atom is -0.497 e. The third-order valence-corrected chi connectivity index (χ3v) is 11.5. The van der Waals surface area contributed by atoms with Gasteiger partial charge in [-0.05, 0) is 116 Å². The molecule has 0 saturated heterocycles. The summed E-state index contributed by atoms with van der Waals surface area (Å²) in [6.07, 6.45) is 4.77. The van der Waals surface area contributed by atoms with Crippen molar-refractivity contribution in [3.63, 3.8) is 0 Å². The molecular formula is C33H38N2O6S. The van der Waals surface area contributed by atoms with Crippen LogP contribution in [0.3, 0.4) is 0 Å². The molecule has 3 aromatic rings. The molecule has 0 spiro atoms. The number of methoxy groups -OCH3 is 1. The summed E-state index contributed by atoms with van der Waals surface area (Å²) >= 11 is 0. The fraction of sp³-hybridized carbons (Fsp3) is 0.455. The van der Waals surface area contributed by atoms with E-state index < -0.39 is 21.1 Å². The normalized spacial score (nSPS) is 28.6. The Labute approximate surface area is 247 Å². The van der Waals surface area contributed by atoms with Gasteiger partial charge < -0.3 is 10.1 Å². The van der Waals surface area contributed by atoms with Crippen molar-refractivity contribution < 1.29 is 22.3 Å². The second kappa shape index (κ2) is 11.0. The largest absolute Gasteiger partial charge is 0.497 e. The maximum absolute atomic E-state index is 13.4. The standard InChI is InChI=1S/C33H38N2O6S/c1-21-4-12-27(13-5-21)42(38,39)41-26-19-31-30-14-6-22-18-25(40-3)11-15-28(22)29(30)16-17-33(31,2)32(20-26)34-23-7-9-24(10-8-23)35(36)37/h4-5,7-13,15,18,26,29-32,34H,6,14,16-17,19-20H2,1-3H3/t26-,29+,30+,31-,32-,33-/m0/s1. The summed E-state index contributed by atoms with van der Waals surface area (Å²) in [5, 5.41) is 14.9.